The van der Waals surface area contributed by atoms with Gasteiger partial charge in [0.05, 0.1) is 22.1 Å². The van der Waals surface area contributed by atoms with Crippen molar-refractivity contribution >= 4 is 82.7 Å². The van der Waals surface area contributed by atoms with Crippen LogP contribution < -0.4 is 4.90 Å². The monoisotopic (exact) mass is 934 g/mol. The van der Waals surface area contributed by atoms with E-state index in [1.54, 1.807) is 0 Å². The standard InChI is InChI=1S/C69H46N2O2/c1-69(2)59-21-9-6-16-52(59)56-41-58-57-40-47(32-39-61(57)71(63(58)42-60(56)69)50-37-30-46(31-38-50)51-19-12-20-54-53-17-7-10-23-64(53)73-68(51)54)45-28-35-49(36-29-45)70(48-33-26-44(27-34-48)43-14-4-3-5-15-43)62-22-13-25-66-67(62)55-18-8-11-24-65(55)72-66/h3-42H,1-2H3. The smallest absolute Gasteiger partial charge is 0.143 e. The lowest BCUT2D eigenvalue weighted by atomic mass is 9.82. The van der Waals surface area contributed by atoms with Gasteiger partial charge in [-0.2, -0.15) is 0 Å². The van der Waals surface area contributed by atoms with E-state index >= 15 is 0 Å². The molecule has 0 amide bonds. The molecule has 11 aromatic carbocycles. The summed E-state index contributed by atoms with van der Waals surface area (Å²) in [6.45, 7) is 4.73. The molecule has 1 aliphatic rings. The first-order chi connectivity index (χ1) is 35.9. The first-order valence-electron chi connectivity index (χ1n) is 25.1. The Morgan fingerprint density at radius 1 is 0.356 bits per heavy atom. The Hall–Kier alpha value is -9.38. The lowest BCUT2D eigenvalue weighted by molar-refractivity contribution is 0.661. The van der Waals surface area contributed by atoms with Gasteiger partial charge in [-0.05, 0) is 135 Å². The number of furan rings is 2. The number of fused-ring (bicyclic) bond motifs is 12. The summed E-state index contributed by atoms with van der Waals surface area (Å²) in [6, 6.07) is 87.9. The van der Waals surface area contributed by atoms with Crippen molar-refractivity contribution in [2.45, 2.75) is 19.3 Å². The van der Waals surface area contributed by atoms with Gasteiger partial charge in [0.2, 0.25) is 0 Å². The Morgan fingerprint density at radius 3 is 1.71 bits per heavy atom. The first kappa shape index (κ1) is 41.4. The number of benzene rings is 11. The molecular weight excluding hydrogens is 889 g/mol. The Balaban J connectivity index is 0.866. The third-order valence-electron chi connectivity index (χ3n) is 15.6. The Labute approximate surface area is 422 Å². The number of aromatic nitrogens is 1. The van der Waals surface area contributed by atoms with E-state index in [1.165, 1.54) is 55.2 Å². The summed E-state index contributed by atoms with van der Waals surface area (Å²) in [4.78, 5) is 2.36. The van der Waals surface area contributed by atoms with Crippen LogP contribution in [-0.2, 0) is 5.41 Å². The van der Waals surface area contributed by atoms with Crippen molar-refractivity contribution in [2.75, 3.05) is 4.90 Å². The second-order valence-electron chi connectivity index (χ2n) is 20.0. The molecule has 14 aromatic rings. The maximum absolute atomic E-state index is 6.48. The highest BCUT2D eigenvalue weighted by Crippen LogP contribution is 2.52. The summed E-state index contributed by atoms with van der Waals surface area (Å²) < 4.78 is 15.4. The number of anilines is 3. The predicted molar refractivity (Wildman–Crippen MR) is 304 cm³/mol. The molecule has 0 N–H and O–H groups in total. The number of rotatable bonds is 7. The Kier molecular flexibility index (Phi) is 8.97. The van der Waals surface area contributed by atoms with Crippen molar-refractivity contribution < 1.29 is 8.83 Å². The van der Waals surface area contributed by atoms with E-state index in [-0.39, 0.29) is 5.41 Å². The van der Waals surface area contributed by atoms with Crippen LogP contribution in [0.25, 0.3) is 116 Å². The summed E-state index contributed by atoms with van der Waals surface area (Å²) in [5.41, 5.74) is 22.3. The molecular formula is C69H46N2O2. The molecule has 0 radical (unpaired) electrons. The zero-order valence-corrected chi connectivity index (χ0v) is 40.3. The highest BCUT2D eigenvalue weighted by atomic mass is 16.3. The van der Waals surface area contributed by atoms with Crippen molar-refractivity contribution in [1.82, 2.24) is 4.57 Å². The molecule has 0 aliphatic heterocycles. The summed E-state index contributed by atoms with van der Waals surface area (Å²) in [7, 11) is 0. The average molecular weight is 935 g/mol. The van der Waals surface area contributed by atoms with E-state index in [2.05, 4.69) is 248 Å². The molecule has 15 rings (SSSR count). The van der Waals surface area contributed by atoms with Crippen LogP contribution in [0.15, 0.2) is 251 Å². The fraction of sp³-hybridized carbons (Fsp3) is 0.0435. The lowest BCUT2D eigenvalue weighted by Gasteiger charge is -2.26. The van der Waals surface area contributed by atoms with Crippen molar-refractivity contribution in [1.29, 1.82) is 0 Å². The van der Waals surface area contributed by atoms with Gasteiger partial charge < -0.3 is 18.3 Å². The molecule has 73 heavy (non-hydrogen) atoms. The minimum absolute atomic E-state index is 0.141. The van der Waals surface area contributed by atoms with Crippen LogP contribution >= 0.6 is 0 Å². The molecule has 3 heterocycles. The predicted octanol–water partition coefficient (Wildman–Crippen LogP) is 19.4. The lowest BCUT2D eigenvalue weighted by Crippen LogP contribution is -2.14. The van der Waals surface area contributed by atoms with E-state index in [4.69, 9.17) is 8.83 Å². The first-order valence-corrected chi connectivity index (χ1v) is 25.1. The molecule has 3 aromatic heterocycles. The van der Waals surface area contributed by atoms with Crippen molar-refractivity contribution in [2.24, 2.45) is 0 Å². The van der Waals surface area contributed by atoms with Gasteiger partial charge >= 0.3 is 0 Å². The van der Waals surface area contributed by atoms with Crippen LogP contribution in [0.1, 0.15) is 25.0 Å². The molecule has 0 spiro atoms. The van der Waals surface area contributed by atoms with E-state index in [9.17, 15) is 0 Å². The van der Waals surface area contributed by atoms with Crippen LogP contribution in [0.2, 0.25) is 0 Å². The largest absolute Gasteiger partial charge is 0.456 e. The number of hydrogen-bond donors (Lipinski definition) is 0. The summed E-state index contributed by atoms with van der Waals surface area (Å²) >= 11 is 0. The molecule has 1 aliphatic carbocycles. The summed E-state index contributed by atoms with van der Waals surface area (Å²) in [6.07, 6.45) is 0. The minimum Gasteiger partial charge on any atom is -0.456 e. The van der Waals surface area contributed by atoms with E-state index in [0.29, 0.717) is 0 Å². The Morgan fingerprint density at radius 2 is 0.932 bits per heavy atom. The molecule has 4 nitrogen and oxygen atoms in total. The third-order valence-corrected chi connectivity index (χ3v) is 15.6. The van der Waals surface area contributed by atoms with Crippen LogP contribution in [0.4, 0.5) is 17.1 Å². The van der Waals surface area contributed by atoms with Gasteiger partial charge in [0.1, 0.15) is 22.3 Å². The quantitative estimate of drug-likeness (QED) is 0.160. The second kappa shape index (κ2) is 15.8. The number of hydrogen-bond acceptors (Lipinski definition) is 3. The van der Waals surface area contributed by atoms with Crippen LogP contribution in [0.5, 0.6) is 0 Å². The van der Waals surface area contributed by atoms with Crippen molar-refractivity contribution in [3.05, 3.63) is 254 Å². The fourth-order valence-electron chi connectivity index (χ4n) is 12.0. The maximum Gasteiger partial charge on any atom is 0.143 e. The van der Waals surface area contributed by atoms with Gasteiger partial charge in [-0.15, -0.1) is 0 Å². The molecule has 344 valence electrons. The van der Waals surface area contributed by atoms with Crippen molar-refractivity contribution in [3.63, 3.8) is 0 Å². The van der Waals surface area contributed by atoms with Crippen LogP contribution in [0.3, 0.4) is 0 Å². The number of nitrogens with zero attached hydrogens (tertiary/aromatic N) is 2. The van der Waals surface area contributed by atoms with Gasteiger partial charge in [-0.3, -0.25) is 0 Å². The molecule has 0 bridgehead atoms. The van der Waals surface area contributed by atoms with Gasteiger partial charge in [-0.25, -0.2) is 0 Å². The average Bonchev–Trinajstić information content (AvgIpc) is 4.18. The molecule has 0 unspecified atom stereocenters. The highest BCUT2D eigenvalue weighted by Gasteiger charge is 2.36. The summed E-state index contributed by atoms with van der Waals surface area (Å²) in [5, 5.41) is 6.91. The highest BCUT2D eigenvalue weighted by molar-refractivity contribution is 6.15. The van der Waals surface area contributed by atoms with E-state index < -0.39 is 0 Å². The van der Waals surface area contributed by atoms with Crippen molar-refractivity contribution in [3.8, 4) is 50.2 Å². The SMILES string of the molecule is CC1(C)c2ccccc2-c2cc3c4cc(-c5ccc(N(c6ccc(-c7ccccc7)cc6)c6cccc7oc8ccccc8c67)cc5)ccc4n(-c4ccc(-c5cccc6c5oc5ccccc56)cc4)c3cc21. The molecule has 4 heteroatoms. The van der Waals surface area contributed by atoms with Gasteiger partial charge in [0, 0.05) is 55.0 Å². The molecule has 0 saturated heterocycles. The van der Waals surface area contributed by atoms with Crippen LogP contribution in [-0.4, -0.2) is 4.57 Å². The summed E-state index contributed by atoms with van der Waals surface area (Å²) in [5.74, 6) is 0. The topological polar surface area (TPSA) is 34.5 Å². The fourth-order valence-corrected chi connectivity index (χ4v) is 12.0. The van der Waals surface area contributed by atoms with Crippen LogP contribution in [0, 0.1) is 0 Å². The maximum atomic E-state index is 6.48. The minimum atomic E-state index is -0.141. The number of para-hydroxylation sites is 3. The zero-order valence-electron chi connectivity index (χ0n) is 40.3. The van der Waals surface area contributed by atoms with E-state index in [0.717, 1.165) is 88.9 Å². The molecule has 0 saturated carbocycles. The third kappa shape index (κ3) is 6.33. The normalized spacial score (nSPS) is 12.9. The second-order valence-corrected chi connectivity index (χ2v) is 20.0. The molecule has 0 fully saturated rings. The zero-order chi connectivity index (χ0) is 48.4. The van der Waals surface area contributed by atoms with Gasteiger partial charge in [0.25, 0.3) is 0 Å². The van der Waals surface area contributed by atoms with Gasteiger partial charge in [-0.1, -0.05) is 172 Å². The molecule has 0 atom stereocenters. The van der Waals surface area contributed by atoms with E-state index in [1.807, 2.05) is 18.2 Å². The Bertz CT molecular complexity index is 4500. The van der Waals surface area contributed by atoms with Gasteiger partial charge in [0.15, 0.2) is 0 Å².